The number of aromatic hydroxyl groups is 1. The first-order chi connectivity index (χ1) is 17.5. The maximum Gasteiger partial charge on any atom is 0.317 e. The van der Waals surface area contributed by atoms with E-state index in [-0.39, 0.29) is 12.0 Å². The number of carboxylic acid groups (broad SMARTS) is 1. The molecular weight excluding hydrogens is 448 g/mol. The Balaban J connectivity index is 1.29. The monoisotopic (exact) mass is 480 g/mol. The number of hydrogen-bond acceptors (Lipinski definition) is 4. The Morgan fingerprint density at radius 1 is 0.889 bits per heavy atom. The number of phenolic OH excluding ortho intramolecular Hbond substituents is 1. The molecule has 0 amide bonds. The van der Waals surface area contributed by atoms with Crippen molar-refractivity contribution in [2.75, 3.05) is 37.6 Å². The van der Waals surface area contributed by atoms with Gasteiger partial charge < -0.3 is 15.1 Å². The van der Waals surface area contributed by atoms with Crippen LogP contribution in [0.1, 0.15) is 41.5 Å². The molecule has 0 radical (unpaired) electrons. The molecule has 2 fully saturated rings. The van der Waals surface area contributed by atoms with Crippen LogP contribution in [-0.2, 0) is 11.2 Å². The summed E-state index contributed by atoms with van der Waals surface area (Å²) >= 11 is 0. The quantitative estimate of drug-likeness (QED) is 0.520. The van der Waals surface area contributed by atoms with Crippen LogP contribution in [0, 0.1) is 5.41 Å². The lowest BCUT2D eigenvalue weighted by Gasteiger charge is -2.49. The first-order valence-corrected chi connectivity index (χ1v) is 12.9. The largest absolute Gasteiger partial charge is 0.508 e. The summed E-state index contributed by atoms with van der Waals surface area (Å²) in [4.78, 5) is 15.6. The number of benzene rings is 3. The maximum atomic E-state index is 11.1. The minimum atomic E-state index is -0.738. The van der Waals surface area contributed by atoms with E-state index in [0.717, 1.165) is 51.9 Å². The van der Waals surface area contributed by atoms with E-state index in [1.807, 2.05) is 6.07 Å². The lowest BCUT2D eigenvalue weighted by molar-refractivity contribution is -0.138. The van der Waals surface area contributed by atoms with Crippen LogP contribution in [-0.4, -0.2) is 53.8 Å². The van der Waals surface area contributed by atoms with Crippen LogP contribution in [0.5, 0.6) is 5.75 Å². The van der Waals surface area contributed by atoms with Crippen molar-refractivity contribution in [2.24, 2.45) is 5.41 Å². The number of carboxylic acids is 1. The molecule has 1 spiro atoms. The molecule has 6 rings (SSSR count). The van der Waals surface area contributed by atoms with Crippen molar-refractivity contribution in [1.82, 2.24) is 4.90 Å². The highest BCUT2D eigenvalue weighted by atomic mass is 16.4. The summed E-state index contributed by atoms with van der Waals surface area (Å²) in [7, 11) is 0. The zero-order chi connectivity index (χ0) is 24.7. The molecular formula is C31H32N2O3. The van der Waals surface area contributed by atoms with Gasteiger partial charge in [-0.2, -0.15) is 0 Å². The molecule has 1 aliphatic carbocycles. The average molecular weight is 481 g/mol. The number of phenols is 1. The molecule has 0 bridgehead atoms. The third-order valence-corrected chi connectivity index (χ3v) is 8.10. The standard InChI is InChI=1S/C31H32N2O3/c34-26-13-14-28-24(17-26)7-4-8-27(22-5-2-1-3-6-22)30(28)23-9-11-25(12-10-23)33-20-31(21-33)15-16-32(19-31)18-29(35)36/h1-3,5-6,9-14,17,34H,4,7-8,15-16,18-21H2,(H,35,36). The molecule has 36 heavy (non-hydrogen) atoms. The molecule has 0 saturated carbocycles. The van der Waals surface area contributed by atoms with Gasteiger partial charge in [0, 0.05) is 30.7 Å². The SMILES string of the molecule is O=C(O)CN1CCC2(C1)CN(c1ccc(C3=C(c4ccccc4)CCCc4cc(O)ccc43)cc1)C2. The van der Waals surface area contributed by atoms with E-state index in [1.54, 1.807) is 6.07 Å². The van der Waals surface area contributed by atoms with Crippen LogP contribution in [0.2, 0.25) is 0 Å². The second-order valence-electron chi connectivity index (χ2n) is 10.7. The highest BCUT2D eigenvalue weighted by Crippen LogP contribution is 2.44. The van der Waals surface area contributed by atoms with Crippen molar-refractivity contribution >= 4 is 22.8 Å². The normalized spacial score (nSPS) is 19.2. The Hall–Kier alpha value is -3.57. The van der Waals surface area contributed by atoms with E-state index >= 15 is 0 Å². The van der Waals surface area contributed by atoms with Gasteiger partial charge in [0.25, 0.3) is 0 Å². The van der Waals surface area contributed by atoms with Crippen LogP contribution in [0.3, 0.4) is 0 Å². The van der Waals surface area contributed by atoms with E-state index in [4.69, 9.17) is 5.11 Å². The van der Waals surface area contributed by atoms with Gasteiger partial charge in [-0.3, -0.25) is 9.69 Å². The molecule has 2 aliphatic heterocycles. The zero-order valence-corrected chi connectivity index (χ0v) is 20.5. The van der Waals surface area contributed by atoms with E-state index in [9.17, 15) is 9.90 Å². The van der Waals surface area contributed by atoms with Gasteiger partial charge in [-0.15, -0.1) is 0 Å². The summed E-state index contributed by atoms with van der Waals surface area (Å²) < 4.78 is 0. The van der Waals surface area contributed by atoms with E-state index in [0.29, 0.717) is 5.75 Å². The predicted octanol–water partition coefficient (Wildman–Crippen LogP) is 5.28. The number of allylic oxidation sites excluding steroid dienone is 1. The molecule has 3 aromatic rings. The summed E-state index contributed by atoms with van der Waals surface area (Å²) in [5.41, 5.74) is 8.97. The molecule has 0 aromatic heterocycles. The lowest BCUT2D eigenvalue weighted by atomic mass is 9.78. The van der Waals surface area contributed by atoms with Crippen LogP contribution in [0.4, 0.5) is 5.69 Å². The summed E-state index contributed by atoms with van der Waals surface area (Å²) in [6.07, 6.45) is 4.08. The molecule has 5 heteroatoms. The molecule has 0 unspecified atom stereocenters. The van der Waals surface area contributed by atoms with Crippen LogP contribution >= 0.6 is 0 Å². The van der Waals surface area contributed by atoms with Crippen molar-refractivity contribution in [3.63, 3.8) is 0 Å². The van der Waals surface area contributed by atoms with Gasteiger partial charge >= 0.3 is 5.97 Å². The van der Waals surface area contributed by atoms with Crippen molar-refractivity contribution in [1.29, 1.82) is 0 Å². The van der Waals surface area contributed by atoms with Crippen molar-refractivity contribution in [2.45, 2.75) is 25.7 Å². The summed E-state index contributed by atoms with van der Waals surface area (Å²) in [6, 6.07) is 25.4. The van der Waals surface area contributed by atoms with Gasteiger partial charge in [0.05, 0.1) is 6.54 Å². The number of aryl methyl sites for hydroxylation is 1. The number of hydrogen-bond donors (Lipinski definition) is 2. The van der Waals surface area contributed by atoms with Crippen molar-refractivity contribution in [3.05, 3.63) is 95.1 Å². The number of nitrogens with zero attached hydrogens (tertiary/aromatic N) is 2. The van der Waals surface area contributed by atoms with Gasteiger partial charge in [0.15, 0.2) is 0 Å². The van der Waals surface area contributed by atoms with Gasteiger partial charge in [0.2, 0.25) is 0 Å². The molecule has 184 valence electrons. The highest BCUT2D eigenvalue weighted by Gasteiger charge is 2.47. The fraction of sp³-hybridized carbons (Fsp3) is 0.323. The van der Waals surface area contributed by atoms with Gasteiger partial charge in [-0.1, -0.05) is 48.5 Å². The molecule has 3 aliphatic rings. The summed E-state index contributed by atoms with van der Waals surface area (Å²) in [5, 5.41) is 19.3. The third-order valence-electron chi connectivity index (χ3n) is 8.10. The number of anilines is 1. The molecule has 2 heterocycles. The Morgan fingerprint density at radius 2 is 1.67 bits per heavy atom. The maximum absolute atomic E-state index is 11.1. The first-order valence-electron chi connectivity index (χ1n) is 12.9. The second kappa shape index (κ2) is 9.14. The minimum absolute atomic E-state index is 0.147. The fourth-order valence-electron chi connectivity index (χ4n) is 6.43. The Morgan fingerprint density at radius 3 is 2.42 bits per heavy atom. The number of aliphatic carboxylic acids is 1. The minimum Gasteiger partial charge on any atom is -0.508 e. The van der Waals surface area contributed by atoms with Crippen LogP contribution in [0.25, 0.3) is 11.1 Å². The lowest BCUT2D eigenvalue weighted by Crippen LogP contribution is -2.57. The highest BCUT2D eigenvalue weighted by molar-refractivity contribution is 6.00. The molecule has 5 nitrogen and oxygen atoms in total. The number of fused-ring (bicyclic) bond motifs is 1. The van der Waals surface area contributed by atoms with Gasteiger partial charge in [-0.05, 0) is 89.9 Å². The summed E-state index contributed by atoms with van der Waals surface area (Å²) in [6.45, 7) is 3.88. The Bertz CT molecular complexity index is 1310. The predicted molar refractivity (Wildman–Crippen MR) is 143 cm³/mol. The average Bonchev–Trinajstić information content (AvgIpc) is 3.18. The topological polar surface area (TPSA) is 64.0 Å². The number of rotatable bonds is 5. The molecule has 3 aromatic carbocycles. The van der Waals surface area contributed by atoms with E-state index < -0.39 is 5.97 Å². The first kappa shape index (κ1) is 22.9. The Kier molecular flexibility index (Phi) is 5.81. The van der Waals surface area contributed by atoms with Gasteiger partial charge in [-0.25, -0.2) is 0 Å². The van der Waals surface area contributed by atoms with Crippen LogP contribution < -0.4 is 4.90 Å². The second-order valence-corrected chi connectivity index (χ2v) is 10.7. The fourth-order valence-corrected chi connectivity index (χ4v) is 6.43. The number of carbonyl (C=O) groups is 1. The van der Waals surface area contributed by atoms with Gasteiger partial charge in [0.1, 0.15) is 5.75 Å². The third kappa shape index (κ3) is 4.28. The zero-order valence-electron chi connectivity index (χ0n) is 20.5. The van der Waals surface area contributed by atoms with E-state index in [2.05, 4.69) is 70.5 Å². The molecule has 0 atom stereocenters. The van der Waals surface area contributed by atoms with Crippen molar-refractivity contribution in [3.8, 4) is 5.75 Å². The number of likely N-dealkylation sites (tertiary alicyclic amines) is 1. The van der Waals surface area contributed by atoms with E-state index in [1.165, 1.54) is 39.1 Å². The molecule has 2 N–H and O–H groups in total. The smallest absolute Gasteiger partial charge is 0.317 e. The Labute approximate surface area is 212 Å². The van der Waals surface area contributed by atoms with Crippen molar-refractivity contribution < 1.29 is 15.0 Å². The molecule has 2 saturated heterocycles. The summed E-state index contributed by atoms with van der Waals surface area (Å²) in [5.74, 6) is -0.412. The van der Waals surface area contributed by atoms with Crippen LogP contribution in [0.15, 0.2) is 72.8 Å².